The predicted octanol–water partition coefficient (Wildman–Crippen LogP) is 2.79. The van der Waals surface area contributed by atoms with Gasteiger partial charge in [-0.2, -0.15) is 5.10 Å². The first-order valence-corrected chi connectivity index (χ1v) is 11.2. The number of ether oxygens (including phenoxy) is 1. The van der Waals surface area contributed by atoms with Gasteiger partial charge in [-0.15, -0.1) is 24.0 Å². The fourth-order valence-electron chi connectivity index (χ4n) is 5.00. The van der Waals surface area contributed by atoms with Crippen LogP contribution in [-0.2, 0) is 18.2 Å². The number of hydrogen-bond acceptors (Lipinski definition) is 4. The molecule has 1 aromatic rings. The highest BCUT2D eigenvalue weighted by Gasteiger charge is 2.38. The zero-order valence-corrected chi connectivity index (χ0v) is 21.8. The second-order valence-corrected chi connectivity index (χ2v) is 8.83. The molecule has 2 heterocycles. The number of aryl methyl sites for hydroxylation is 2. The molecule has 30 heavy (non-hydrogen) atoms. The topological polar surface area (TPSA) is 66.7 Å². The van der Waals surface area contributed by atoms with Crippen LogP contribution in [-0.4, -0.2) is 72.1 Å². The zero-order chi connectivity index (χ0) is 20.9. The summed E-state index contributed by atoms with van der Waals surface area (Å²) < 4.78 is 7.58. The predicted molar refractivity (Wildman–Crippen MR) is 134 cm³/mol. The average molecular weight is 533 g/mol. The van der Waals surface area contributed by atoms with Crippen molar-refractivity contribution in [2.75, 3.05) is 39.9 Å². The lowest BCUT2D eigenvalue weighted by atomic mass is 9.80. The van der Waals surface area contributed by atoms with Crippen molar-refractivity contribution in [2.24, 2.45) is 12.0 Å². The Hall–Kier alpha value is -0.870. The number of hydrogen-bond donors (Lipinski definition) is 2. The minimum Gasteiger partial charge on any atom is -0.379 e. The van der Waals surface area contributed by atoms with E-state index < -0.39 is 0 Å². The van der Waals surface area contributed by atoms with Crippen LogP contribution >= 0.6 is 24.0 Å². The van der Waals surface area contributed by atoms with Crippen LogP contribution in [0.4, 0.5) is 0 Å². The highest BCUT2D eigenvalue weighted by molar-refractivity contribution is 14.0. The molecule has 0 bridgehead atoms. The van der Waals surface area contributed by atoms with Crippen molar-refractivity contribution in [3.05, 3.63) is 17.0 Å². The van der Waals surface area contributed by atoms with Gasteiger partial charge in [0.15, 0.2) is 5.96 Å². The number of guanidine groups is 1. The lowest BCUT2D eigenvalue weighted by molar-refractivity contribution is -0.0352. The van der Waals surface area contributed by atoms with E-state index in [9.17, 15) is 0 Å². The average Bonchev–Trinajstić information content (AvgIpc) is 2.98. The summed E-state index contributed by atoms with van der Waals surface area (Å²) in [7, 11) is 3.88. The standard InChI is InChI=1S/C22H40N6O.HI/c1-17(15-20-18(2)26-27(5)19(20)3)25-21(23-4)24-16-22(9-7-6-8-10-22)28-11-13-29-14-12-28;/h17H,6-16H2,1-5H3,(H2,23,24,25);1H. The fraction of sp³-hybridized carbons (Fsp3) is 0.818. The van der Waals surface area contributed by atoms with Gasteiger partial charge in [-0.05, 0) is 45.6 Å². The second kappa shape index (κ2) is 11.7. The largest absolute Gasteiger partial charge is 0.379 e. The van der Waals surface area contributed by atoms with E-state index in [1.165, 1.54) is 43.4 Å². The summed E-state index contributed by atoms with van der Waals surface area (Å²) in [4.78, 5) is 7.18. The Morgan fingerprint density at radius 2 is 1.87 bits per heavy atom. The van der Waals surface area contributed by atoms with E-state index >= 15 is 0 Å². The molecule has 1 atom stereocenters. The SMILES string of the molecule is CN=C(NCC1(N2CCOCC2)CCCCC1)NC(C)Cc1c(C)nn(C)c1C.I. The maximum atomic E-state index is 5.61. The molecule has 1 aliphatic carbocycles. The maximum absolute atomic E-state index is 5.61. The van der Waals surface area contributed by atoms with Crippen LogP contribution in [0.15, 0.2) is 4.99 Å². The minimum atomic E-state index is 0. The Bertz CT molecular complexity index is 692. The van der Waals surface area contributed by atoms with Gasteiger partial charge in [0.1, 0.15) is 0 Å². The van der Waals surface area contributed by atoms with E-state index in [0.29, 0.717) is 0 Å². The smallest absolute Gasteiger partial charge is 0.191 e. The number of morpholine rings is 1. The molecule has 1 aromatic heterocycles. The van der Waals surface area contributed by atoms with Crippen LogP contribution in [0, 0.1) is 13.8 Å². The molecule has 1 saturated heterocycles. The number of nitrogens with one attached hydrogen (secondary N) is 2. The number of halogens is 1. The summed E-state index contributed by atoms with van der Waals surface area (Å²) in [5, 5.41) is 11.8. The number of nitrogens with zero attached hydrogens (tertiary/aromatic N) is 4. The van der Waals surface area contributed by atoms with Gasteiger partial charge >= 0.3 is 0 Å². The number of aliphatic imine (C=N–C) groups is 1. The van der Waals surface area contributed by atoms with Crippen molar-refractivity contribution in [3.63, 3.8) is 0 Å². The van der Waals surface area contributed by atoms with Gasteiger partial charge in [-0.25, -0.2) is 0 Å². The summed E-state index contributed by atoms with van der Waals surface area (Å²) in [6.45, 7) is 11.2. The molecule has 172 valence electrons. The van der Waals surface area contributed by atoms with Gasteiger partial charge in [-0.3, -0.25) is 14.6 Å². The summed E-state index contributed by atoms with van der Waals surface area (Å²) >= 11 is 0. The van der Waals surface area contributed by atoms with Gasteiger partial charge in [0.2, 0.25) is 0 Å². The van der Waals surface area contributed by atoms with Crippen molar-refractivity contribution in [3.8, 4) is 0 Å². The first-order valence-electron chi connectivity index (χ1n) is 11.2. The third kappa shape index (κ3) is 6.09. The molecule has 1 unspecified atom stereocenters. The molecule has 0 spiro atoms. The highest BCUT2D eigenvalue weighted by atomic mass is 127. The Morgan fingerprint density at radius 1 is 1.20 bits per heavy atom. The summed E-state index contributed by atoms with van der Waals surface area (Å²) in [5.41, 5.74) is 3.93. The third-order valence-corrected chi connectivity index (χ3v) is 6.83. The van der Waals surface area contributed by atoms with Gasteiger partial charge < -0.3 is 15.4 Å². The van der Waals surface area contributed by atoms with E-state index in [2.05, 4.69) is 46.4 Å². The molecular formula is C22H41IN6O. The van der Waals surface area contributed by atoms with Crippen molar-refractivity contribution in [1.29, 1.82) is 0 Å². The van der Waals surface area contributed by atoms with Crippen LogP contribution in [0.3, 0.4) is 0 Å². The third-order valence-electron chi connectivity index (χ3n) is 6.83. The fourth-order valence-corrected chi connectivity index (χ4v) is 5.00. The van der Waals surface area contributed by atoms with E-state index in [4.69, 9.17) is 4.74 Å². The summed E-state index contributed by atoms with van der Waals surface area (Å²) in [6, 6.07) is 0.286. The molecule has 2 N–H and O–H groups in total. The molecule has 2 fully saturated rings. The molecule has 1 saturated carbocycles. The normalized spacial score (nSPS) is 21.0. The summed E-state index contributed by atoms with van der Waals surface area (Å²) in [6.07, 6.45) is 7.48. The first kappa shape index (κ1) is 25.4. The van der Waals surface area contributed by atoms with Crippen LogP contribution < -0.4 is 10.6 Å². The molecule has 0 radical (unpaired) electrons. The molecule has 0 aromatic carbocycles. The van der Waals surface area contributed by atoms with E-state index in [-0.39, 0.29) is 35.6 Å². The Balaban J connectivity index is 0.00000320. The van der Waals surface area contributed by atoms with Gasteiger partial charge in [0.05, 0.1) is 18.9 Å². The van der Waals surface area contributed by atoms with Crippen molar-refractivity contribution in [2.45, 2.75) is 70.9 Å². The second-order valence-electron chi connectivity index (χ2n) is 8.83. The molecule has 8 heteroatoms. The number of aromatic nitrogens is 2. The molecule has 1 aliphatic heterocycles. The van der Waals surface area contributed by atoms with Crippen molar-refractivity contribution in [1.82, 2.24) is 25.3 Å². The molecule has 2 aliphatic rings. The Labute approximate surface area is 199 Å². The maximum Gasteiger partial charge on any atom is 0.191 e. The van der Waals surface area contributed by atoms with E-state index in [0.717, 1.165) is 50.9 Å². The monoisotopic (exact) mass is 532 g/mol. The van der Waals surface area contributed by atoms with Crippen LogP contribution in [0.5, 0.6) is 0 Å². The van der Waals surface area contributed by atoms with Gasteiger partial charge in [0.25, 0.3) is 0 Å². The van der Waals surface area contributed by atoms with Crippen molar-refractivity contribution < 1.29 is 4.74 Å². The lowest BCUT2D eigenvalue weighted by Gasteiger charge is -2.48. The number of rotatable bonds is 6. The quantitative estimate of drug-likeness (QED) is 0.335. The Kier molecular flexibility index (Phi) is 9.87. The molecule has 0 amide bonds. The molecular weight excluding hydrogens is 491 g/mol. The van der Waals surface area contributed by atoms with Gasteiger partial charge in [0, 0.05) is 51.0 Å². The minimum absolute atomic E-state index is 0. The van der Waals surface area contributed by atoms with Crippen molar-refractivity contribution >= 4 is 29.9 Å². The van der Waals surface area contributed by atoms with Gasteiger partial charge in [-0.1, -0.05) is 19.3 Å². The van der Waals surface area contributed by atoms with E-state index in [1.54, 1.807) is 0 Å². The van der Waals surface area contributed by atoms with Crippen LogP contribution in [0.1, 0.15) is 56.0 Å². The zero-order valence-electron chi connectivity index (χ0n) is 19.5. The molecule has 3 rings (SSSR count). The summed E-state index contributed by atoms with van der Waals surface area (Å²) in [5.74, 6) is 0.898. The Morgan fingerprint density at radius 3 is 2.43 bits per heavy atom. The highest BCUT2D eigenvalue weighted by Crippen LogP contribution is 2.33. The molecule has 7 nitrogen and oxygen atoms in total. The lowest BCUT2D eigenvalue weighted by Crippen LogP contribution is -2.60. The van der Waals surface area contributed by atoms with E-state index in [1.807, 2.05) is 18.8 Å². The van der Waals surface area contributed by atoms with Crippen LogP contribution in [0.2, 0.25) is 0 Å². The first-order chi connectivity index (χ1) is 13.9. The van der Waals surface area contributed by atoms with Crippen LogP contribution in [0.25, 0.3) is 0 Å².